The molecular formula is C19H20ClF3N4O2S. The van der Waals surface area contributed by atoms with Gasteiger partial charge in [-0.2, -0.15) is 4.39 Å². The minimum atomic E-state index is -4.72. The van der Waals surface area contributed by atoms with E-state index >= 15 is 0 Å². The number of hydrogen-bond acceptors (Lipinski definition) is 5. The second-order valence-corrected chi connectivity index (χ2v) is 9.94. The van der Waals surface area contributed by atoms with Crippen molar-refractivity contribution in [2.45, 2.75) is 17.7 Å². The van der Waals surface area contributed by atoms with E-state index < -0.39 is 43.3 Å². The topological polar surface area (TPSA) is 65.5 Å². The summed E-state index contributed by atoms with van der Waals surface area (Å²) in [6, 6.07) is 4.33. The molecule has 162 valence electrons. The van der Waals surface area contributed by atoms with Crippen molar-refractivity contribution in [1.82, 2.24) is 9.88 Å². The van der Waals surface area contributed by atoms with Crippen LogP contribution >= 0.6 is 11.6 Å². The summed E-state index contributed by atoms with van der Waals surface area (Å²) in [7, 11) is -2.69. The van der Waals surface area contributed by atoms with Gasteiger partial charge in [-0.1, -0.05) is 17.7 Å². The van der Waals surface area contributed by atoms with Gasteiger partial charge in [-0.15, -0.1) is 0 Å². The number of anilines is 2. The van der Waals surface area contributed by atoms with Crippen LogP contribution in [-0.2, 0) is 10.0 Å². The van der Waals surface area contributed by atoms with Crippen molar-refractivity contribution in [1.29, 1.82) is 0 Å². The molecule has 1 atom stereocenters. The summed E-state index contributed by atoms with van der Waals surface area (Å²) >= 11 is 6.15. The smallest absolute Gasteiger partial charge is 0.268 e. The van der Waals surface area contributed by atoms with Crippen molar-refractivity contribution in [2.75, 3.05) is 42.8 Å². The highest BCUT2D eigenvalue weighted by atomic mass is 35.5. The molecule has 0 amide bonds. The van der Waals surface area contributed by atoms with Crippen LogP contribution < -0.4 is 9.62 Å². The number of nitrogens with one attached hydrogen (secondary N) is 1. The number of aromatic nitrogens is 1. The van der Waals surface area contributed by atoms with Crippen LogP contribution in [-0.4, -0.2) is 51.5 Å². The average molecular weight is 461 g/mol. The van der Waals surface area contributed by atoms with Gasteiger partial charge in [-0.25, -0.2) is 22.2 Å². The monoisotopic (exact) mass is 460 g/mol. The maximum absolute atomic E-state index is 15.0. The lowest BCUT2D eigenvalue weighted by atomic mass is 9.86. The van der Waals surface area contributed by atoms with Gasteiger partial charge in [-0.05, 0) is 38.6 Å². The van der Waals surface area contributed by atoms with Gasteiger partial charge in [0.25, 0.3) is 10.0 Å². The lowest BCUT2D eigenvalue weighted by Crippen LogP contribution is -2.30. The number of benzene rings is 1. The van der Waals surface area contributed by atoms with E-state index in [2.05, 4.69) is 9.88 Å². The molecule has 3 heterocycles. The van der Waals surface area contributed by atoms with Crippen molar-refractivity contribution in [3.63, 3.8) is 0 Å². The van der Waals surface area contributed by atoms with Crippen LogP contribution in [0.5, 0.6) is 0 Å². The standard InChI is InChI=1S/C19H20ClF3N4O2S/c1-26-7-5-19(10-26)6-8-27(11-19)13-9-12(21)18(17(23)16(13)20)30(28,29)25-15-4-2-3-14(22)24-15/h2-4,9H,5-8,10-11H2,1H3,(H,24,25)/t19-/m0/s1. The molecule has 0 aliphatic carbocycles. The van der Waals surface area contributed by atoms with Crippen molar-refractivity contribution >= 4 is 33.1 Å². The van der Waals surface area contributed by atoms with Gasteiger partial charge in [0, 0.05) is 31.1 Å². The SMILES string of the molecule is CN1CC[C@]2(CCN(c3cc(F)c(S(=O)(=O)Nc4cccc(F)n4)c(F)c3Cl)C2)C1. The first-order valence-corrected chi connectivity index (χ1v) is 11.2. The summed E-state index contributed by atoms with van der Waals surface area (Å²) in [4.78, 5) is 6.13. The zero-order valence-corrected chi connectivity index (χ0v) is 17.7. The van der Waals surface area contributed by atoms with E-state index in [9.17, 15) is 21.6 Å². The van der Waals surface area contributed by atoms with E-state index in [1.807, 2.05) is 11.8 Å². The minimum absolute atomic E-state index is 0.0420. The molecule has 1 aromatic carbocycles. The van der Waals surface area contributed by atoms with Gasteiger partial charge in [0.05, 0.1) is 5.69 Å². The number of hydrogen-bond donors (Lipinski definition) is 1. The lowest BCUT2D eigenvalue weighted by molar-refractivity contribution is 0.312. The van der Waals surface area contributed by atoms with Crippen LogP contribution in [0.3, 0.4) is 0 Å². The molecule has 2 fully saturated rings. The van der Waals surface area contributed by atoms with Crippen LogP contribution in [0.25, 0.3) is 0 Å². The predicted octanol–water partition coefficient (Wildman–Crippen LogP) is 3.49. The van der Waals surface area contributed by atoms with E-state index in [0.717, 1.165) is 44.1 Å². The maximum atomic E-state index is 15.0. The van der Waals surface area contributed by atoms with E-state index in [4.69, 9.17) is 11.6 Å². The fraction of sp³-hybridized carbons (Fsp3) is 0.421. The Balaban J connectivity index is 1.65. The number of likely N-dealkylation sites (tertiary alicyclic amines) is 1. The van der Waals surface area contributed by atoms with Crippen LogP contribution in [0.2, 0.25) is 5.02 Å². The molecule has 2 aromatic rings. The van der Waals surface area contributed by atoms with Crippen molar-refractivity contribution in [3.8, 4) is 0 Å². The van der Waals surface area contributed by atoms with Gasteiger partial charge in [0.2, 0.25) is 5.95 Å². The average Bonchev–Trinajstić information content (AvgIpc) is 3.23. The Morgan fingerprint density at radius 1 is 1.17 bits per heavy atom. The summed E-state index contributed by atoms with van der Waals surface area (Å²) < 4.78 is 70.0. The molecule has 4 rings (SSSR count). The zero-order valence-electron chi connectivity index (χ0n) is 16.1. The Kier molecular flexibility index (Phi) is 5.36. The number of rotatable bonds is 4. The summed E-state index contributed by atoms with van der Waals surface area (Å²) in [5.74, 6) is -4.01. The Morgan fingerprint density at radius 3 is 2.57 bits per heavy atom. The Morgan fingerprint density at radius 2 is 1.90 bits per heavy atom. The highest BCUT2D eigenvalue weighted by Crippen LogP contribution is 2.43. The van der Waals surface area contributed by atoms with Gasteiger partial charge in [-0.3, -0.25) is 4.72 Å². The molecule has 1 spiro atoms. The fourth-order valence-corrected chi connectivity index (χ4v) is 5.80. The number of pyridine rings is 1. The first kappa shape index (κ1) is 21.2. The fourth-order valence-electron chi connectivity index (χ4n) is 4.33. The van der Waals surface area contributed by atoms with Crippen molar-refractivity contribution < 1.29 is 21.6 Å². The molecule has 2 saturated heterocycles. The second-order valence-electron chi connectivity index (χ2n) is 7.94. The molecule has 1 aromatic heterocycles. The molecule has 2 aliphatic heterocycles. The predicted molar refractivity (Wildman–Crippen MR) is 108 cm³/mol. The molecule has 0 unspecified atom stereocenters. The van der Waals surface area contributed by atoms with E-state index in [0.29, 0.717) is 13.1 Å². The molecule has 6 nitrogen and oxygen atoms in total. The third-order valence-electron chi connectivity index (χ3n) is 5.73. The Bertz CT molecular complexity index is 1100. The number of nitrogens with zero attached hydrogens (tertiary/aromatic N) is 3. The van der Waals surface area contributed by atoms with Gasteiger partial charge in [0.1, 0.15) is 16.7 Å². The molecule has 0 radical (unpaired) electrons. The molecular weight excluding hydrogens is 441 g/mol. The van der Waals surface area contributed by atoms with Crippen molar-refractivity contribution in [3.05, 3.63) is 46.9 Å². The summed E-state index contributed by atoms with van der Waals surface area (Å²) in [6.07, 6.45) is 1.85. The number of halogens is 4. The highest BCUT2D eigenvalue weighted by molar-refractivity contribution is 7.92. The second kappa shape index (κ2) is 7.58. The van der Waals surface area contributed by atoms with E-state index in [-0.39, 0.29) is 11.1 Å². The third kappa shape index (κ3) is 3.83. The maximum Gasteiger partial charge on any atom is 0.268 e. The van der Waals surface area contributed by atoms with Crippen molar-refractivity contribution in [2.24, 2.45) is 5.41 Å². The molecule has 11 heteroatoms. The van der Waals surface area contributed by atoms with E-state index in [1.54, 1.807) is 4.90 Å². The third-order valence-corrected chi connectivity index (χ3v) is 7.48. The molecule has 0 bridgehead atoms. The summed E-state index contributed by atoms with van der Waals surface area (Å²) in [5, 5.41) is -0.465. The van der Waals surface area contributed by atoms with Gasteiger partial charge in [0.15, 0.2) is 10.7 Å². The Labute approximate surface area is 177 Å². The summed E-state index contributed by atoms with van der Waals surface area (Å²) in [5.41, 5.74) is 0.168. The normalized spacial score (nSPS) is 22.2. The zero-order chi connectivity index (χ0) is 21.7. The first-order chi connectivity index (χ1) is 14.1. The van der Waals surface area contributed by atoms with E-state index in [1.165, 1.54) is 6.07 Å². The quantitative estimate of drug-likeness (QED) is 0.559. The summed E-state index contributed by atoms with van der Waals surface area (Å²) in [6.45, 7) is 3.02. The largest absolute Gasteiger partial charge is 0.370 e. The first-order valence-electron chi connectivity index (χ1n) is 9.37. The molecule has 0 saturated carbocycles. The van der Waals surface area contributed by atoms with Crippen LogP contribution in [0.15, 0.2) is 29.2 Å². The van der Waals surface area contributed by atoms with Crippen LogP contribution in [0.4, 0.5) is 24.7 Å². The lowest BCUT2D eigenvalue weighted by Gasteiger charge is -2.26. The van der Waals surface area contributed by atoms with Gasteiger partial charge < -0.3 is 9.80 Å². The highest BCUT2D eigenvalue weighted by Gasteiger charge is 2.43. The number of sulfonamides is 1. The minimum Gasteiger partial charge on any atom is -0.370 e. The molecule has 30 heavy (non-hydrogen) atoms. The molecule has 2 aliphatic rings. The van der Waals surface area contributed by atoms with Crippen LogP contribution in [0.1, 0.15) is 12.8 Å². The van der Waals surface area contributed by atoms with Gasteiger partial charge >= 0.3 is 0 Å². The Hall–Kier alpha value is -2.04. The van der Waals surface area contributed by atoms with Crippen LogP contribution in [0, 0.1) is 23.0 Å². The molecule has 1 N–H and O–H groups in total.